The van der Waals surface area contributed by atoms with Crippen LogP contribution in [0.15, 0.2) is 135 Å². The minimum atomic E-state index is -0.384. The number of carbonyl (C=O) groups excluding carboxylic acids is 3. The molecule has 0 saturated carbocycles. The van der Waals surface area contributed by atoms with E-state index in [0.29, 0.717) is 39.0 Å². The molecule has 0 spiro atoms. The largest absolute Gasteiger partial charge is 0.372 e. The standard InChI is InChI=1S/C23H20N4O2.C22H16N4O2.CH4/c1-15-5-6-19(27-11-15)10-21(28)20-9-17(8-16-4-3-7-26-22(16)20)23(29-2)18-12-24-14-25-13-18;1-14-4-2-6-18(26-14)10-20(27)19-9-16(8-15-5-3-7-25-21(15)19)22(28)17-11-23-13-24-12-17;/h3-9,11-14,23H,10H2,1-2H3;2-9,11-13H,10H2,1H3;1H4. The van der Waals surface area contributed by atoms with Gasteiger partial charge in [0.25, 0.3) is 0 Å². The number of fused-ring (bicyclic) bond motifs is 2. The Labute approximate surface area is 335 Å². The van der Waals surface area contributed by atoms with Crippen LogP contribution < -0.4 is 0 Å². The van der Waals surface area contributed by atoms with Crippen molar-refractivity contribution in [3.63, 3.8) is 0 Å². The predicted molar refractivity (Wildman–Crippen MR) is 221 cm³/mol. The predicted octanol–water partition coefficient (Wildman–Crippen LogP) is 7.91. The van der Waals surface area contributed by atoms with Crippen molar-refractivity contribution < 1.29 is 19.1 Å². The molecule has 0 bridgehead atoms. The first-order valence-electron chi connectivity index (χ1n) is 18.0. The van der Waals surface area contributed by atoms with Crippen LogP contribution in [0.3, 0.4) is 0 Å². The number of methoxy groups -OCH3 is 1. The molecule has 0 aliphatic rings. The smallest absolute Gasteiger partial charge is 0.196 e. The van der Waals surface area contributed by atoms with Crippen LogP contribution in [0.5, 0.6) is 0 Å². The van der Waals surface area contributed by atoms with E-state index in [1.165, 1.54) is 25.0 Å². The molecule has 12 nitrogen and oxygen atoms in total. The van der Waals surface area contributed by atoms with E-state index in [-0.39, 0.29) is 43.7 Å². The molecular weight excluding hydrogens is 729 g/mol. The highest BCUT2D eigenvalue weighted by atomic mass is 16.5. The SMILES string of the molecule is C.COC(c1cncnc1)c1cc(C(=O)Cc2ccc(C)cn2)c2ncccc2c1.Cc1cccc(CC(=O)c2cc(C(=O)c3cncnc3)cc3cccnc23)n1. The van der Waals surface area contributed by atoms with Gasteiger partial charge in [-0.25, -0.2) is 19.9 Å². The van der Waals surface area contributed by atoms with Gasteiger partial charge in [-0.2, -0.15) is 0 Å². The number of pyridine rings is 4. The van der Waals surface area contributed by atoms with Gasteiger partial charge in [-0.15, -0.1) is 0 Å². The average molecular weight is 769 g/mol. The zero-order valence-corrected chi connectivity index (χ0v) is 31.4. The van der Waals surface area contributed by atoms with Gasteiger partial charge in [0.1, 0.15) is 18.8 Å². The number of rotatable bonds is 11. The Balaban J connectivity index is 0.000000192. The molecule has 0 fully saturated rings. The Hall–Kier alpha value is -7.31. The van der Waals surface area contributed by atoms with Gasteiger partial charge in [0.05, 0.1) is 29.4 Å². The number of hydrogen-bond acceptors (Lipinski definition) is 12. The molecule has 8 rings (SSSR count). The molecule has 0 saturated heterocycles. The average Bonchev–Trinajstić information content (AvgIpc) is 3.24. The minimum Gasteiger partial charge on any atom is -0.372 e. The summed E-state index contributed by atoms with van der Waals surface area (Å²) in [6.07, 6.45) is 14.3. The molecule has 6 heterocycles. The van der Waals surface area contributed by atoms with E-state index in [4.69, 9.17) is 4.74 Å². The lowest BCUT2D eigenvalue weighted by molar-refractivity contribution is 0.0984. The van der Waals surface area contributed by atoms with Gasteiger partial charge >= 0.3 is 0 Å². The molecule has 58 heavy (non-hydrogen) atoms. The zero-order chi connectivity index (χ0) is 39.7. The number of aryl methyl sites for hydroxylation is 2. The summed E-state index contributed by atoms with van der Waals surface area (Å²) in [5.74, 6) is -0.416. The molecule has 8 aromatic rings. The Morgan fingerprint density at radius 3 is 1.84 bits per heavy atom. The van der Waals surface area contributed by atoms with Gasteiger partial charge in [0.2, 0.25) is 0 Å². The van der Waals surface area contributed by atoms with Crippen molar-refractivity contribution in [3.05, 3.63) is 191 Å². The van der Waals surface area contributed by atoms with Gasteiger partial charge in [-0.1, -0.05) is 31.7 Å². The second-order valence-electron chi connectivity index (χ2n) is 13.3. The minimum absolute atomic E-state index is 0. The van der Waals surface area contributed by atoms with Crippen molar-refractivity contribution in [3.8, 4) is 0 Å². The highest BCUT2D eigenvalue weighted by Gasteiger charge is 2.21. The summed E-state index contributed by atoms with van der Waals surface area (Å²) in [4.78, 5) is 72.6. The fraction of sp³-hybridized carbons (Fsp3) is 0.152. The monoisotopic (exact) mass is 768 g/mol. The molecule has 6 aromatic heterocycles. The van der Waals surface area contributed by atoms with Gasteiger partial charge in [0, 0.05) is 101 Å². The van der Waals surface area contributed by atoms with Crippen LogP contribution in [-0.4, -0.2) is 64.3 Å². The van der Waals surface area contributed by atoms with E-state index in [1.54, 1.807) is 56.3 Å². The van der Waals surface area contributed by atoms with Crippen LogP contribution in [0.4, 0.5) is 0 Å². The third-order valence-electron chi connectivity index (χ3n) is 9.14. The van der Waals surface area contributed by atoms with Crippen molar-refractivity contribution in [1.29, 1.82) is 0 Å². The molecule has 2 aromatic carbocycles. The van der Waals surface area contributed by atoms with Crippen molar-refractivity contribution in [2.45, 2.75) is 40.2 Å². The van der Waals surface area contributed by atoms with Crippen LogP contribution in [-0.2, 0) is 17.6 Å². The maximum atomic E-state index is 13.2. The van der Waals surface area contributed by atoms with Crippen molar-refractivity contribution in [2.24, 2.45) is 0 Å². The van der Waals surface area contributed by atoms with E-state index in [9.17, 15) is 14.4 Å². The summed E-state index contributed by atoms with van der Waals surface area (Å²) < 4.78 is 5.71. The maximum absolute atomic E-state index is 13.2. The second kappa shape index (κ2) is 18.5. The number of hydrogen-bond donors (Lipinski definition) is 0. The van der Waals surface area contributed by atoms with Crippen LogP contribution >= 0.6 is 0 Å². The Morgan fingerprint density at radius 1 is 0.603 bits per heavy atom. The fourth-order valence-electron chi connectivity index (χ4n) is 6.43. The molecule has 0 aliphatic heterocycles. The fourth-order valence-corrected chi connectivity index (χ4v) is 6.43. The third kappa shape index (κ3) is 9.37. The number of nitrogens with zero attached hydrogens (tertiary/aromatic N) is 8. The first-order chi connectivity index (χ1) is 27.8. The molecule has 1 unspecified atom stereocenters. The van der Waals surface area contributed by atoms with Gasteiger partial charge in [-0.3, -0.25) is 34.3 Å². The summed E-state index contributed by atoms with van der Waals surface area (Å²) in [5.41, 5.74) is 7.96. The number of ether oxygens (including phenoxy) is 1. The lowest BCUT2D eigenvalue weighted by Crippen LogP contribution is -2.10. The van der Waals surface area contributed by atoms with Crippen molar-refractivity contribution in [2.75, 3.05) is 7.11 Å². The lowest BCUT2D eigenvalue weighted by Gasteiger charge is -2.17. The second-order valence-corrected chi connectivity index (χ2v) is 13.3. The first-order valence-corrected chi connectivity index (χ1v) is 18.0. The molecule has 12 heteroatoms. The van der Waals surface area contributed by atoms with Crippen molar-refractivity contribution >= 4 is 39.2 Å². The third-order valence-corrected chi connectivity index (χ3v) is 9.14. The molecule has 0 amide bonds. The van der Waals surface area contributed by atoms with E-state index in [2.05, 4.69) is 39.9 Å². The lowest BCUT2D eigenvalue weighted by atomic mass is 9.95. The molecule has 0 N–H and O–H groups in total. The zero-order valence-electron chi connectivity index (χ0n) is 31.4. The molecular formula is C46H40N8O4. The van der Waals surface area contributed by atoms with Crippen LogP contribution in [0.2, 0.25) is 0 Å². The number of carbonyl (C=O) groups is 3. The quantitative estimate of drug-likeness (QED) is 0.117. The number of benzene rings is 2. The normalized spacial score (nSPS) is 11.2. The van der Waals surface area contributed by atoms with E-state index in [1.807, 2.05) is 74.5 Å². The van der Waals surface area contributed by atoms with E-state index >= 15 is 0 Å². The summed E-state index contributed by atoms with van der Waals surface area (Å²) >= 11 is 0. The van der Waals surface area contributed by atoms with Gasteiger partial charge in [0.15, 0.2) is 17.3 Å². The maximum Gasteiger partial charge on any atom is 0.196 e. The first kappa shape index (κ1) is 40.4. The van der Waals surface area contributed by atoms with Crippen LogP contribution in [0, 0.1) is 13.8 Å². The molecule has 0 aliphatic carbocycles. The Kier molecular flexibility index (Phi) is 12.9. The summed E-state index contributed by atoms with van der Waals surface area (Å²) in [7, 11) is 1.63. The summed E-state index contributed by atoms with van der Waals surface area (Å²) in [6, 6.07) is 24.0. The summed E-state index contributed by atoms with van der Waals surface area (Å²) in [6.45, 7) is 3.85. The highest BCUT2D eigenvalue weighted by molar-refractivity contribution is 6.14. The van der Waals surface area contributed by atoms with E-state index in [0.717, 1.165) is 38.9 Å². The highest BCUT2D eigenvalue weighted by Crippen LogP contribution is 2.30. The van der Waals surface area contributed by atoms with Gasteiger partial charge in [-0.05, 0) is 79.6 Å². The van der Waals surface area contributed by atoms with Crippen LogP contribution in [0.25, 0.3) is 21.8 Å². The Morgan fingerprint density at radius 2 is 1.22 bits per heavy atom. The number of aromatic nitrogens is 8. The molecule has 0 radical (unpaired) electrons. The Bertz CT molecular complexity index is 2710. The van der Waals surface area contributed by atoms with Crippen LogP contribution in [0.1, 0.15) is 83.9 Å². The summed E-state index contributed by atoms with van der Waals surface area (Å²) in [5, 5.41) is 1.61. The van der Waals surface area contributed by atoms with E-state index < -0.39 is 0 Å². The van der Waals surface area contributed by atoms with Gasteiger partial charge < -0.3 is 4.74 Å². The number of ketones is 3. The van der Waals surface area contributed by atoms with Crippen molar-refractivity contribution in [1.82, 2.24) is 39.9 Å². The molecule has 288 valence electrons. The number of Topliss-reactive ketones (excluding diaryl/α,β-unsaturated/α-hetero) is 2. The topological polar surface area (TPSA) is 164 Å². The molecule has 1 atom stereocenters.